The van der Waals surface area contributed by atoms with E-state index in [2.05, 4.69) is 0 Å². The highest BCUT2D eigenvalue weighted by molar-refractivity contribution is 5.68. The number of carbonyl (C=O) groups is 1. The maximum atomic E-state index is 11.5. The third kappa shape index (κ3) is 1.09. The van der Waals surface area contributed by atoms with Crippen LogP contribution in [0.25, 0.3) is 0 Å². The largest absolute Gasteiger partial charge is 0.465 e. The highest BCUT2D eigenvalue weighted by Gasteiger charge is 2.75. The van der Waals surface area contributed by atoms with Crippen LogP contribution in [0.15, 0.2) is 0 Å². The lowest BCUT2D eigenvalue weighted by molar-refractivity contribution is -0.107. The number of piperidine rings is 2. The second-order valence-corrected chi connectivity index (χ2v) is 7.04. The summed E-state index contributed by atoms with van der Waals surface area (Å²) >= 11 is 0. The Hall–Kier alpha value is -0.770. The van der Waals surface area contributed by atoms with Gasteiger partial charge in [-0.3, -0.25) is 4.90 Å². The number of nitrogens with zero attached hydrogens (tertiary/aromatic N) is 1. The monoisotopic (exact) mass is 249 g/mol. The number of amides is 1. The lowest BCUT2D eigenvalue weighted by atomic mass is 9.73. The van der Waals surface area contributed by atoms with Crippen molar-refractivity contribution >= 4 is 6.09 Å². The molecular formula is C14H19NO3. The molecule has 0 aromatic rings. The van der Waals surface area contributed by atoms with Crippen LogP contribution in [0.5, 0.6) is 0 Å². The first-order valence-electron chi connectivity index (χ1n) is 7.38. The van der Waals surface area contributed by atoms with Gasteiger partial charge in [0, 0.05) is 12.6 Å². The third-order valence-corrected chi connectivity index (χ3v) is 6.17. The number of ether oxygens (including phenoxy) is 1. The molecule has 18 heavy (non-hydrogen) atoms. The Balaban J connectivity index is 1.43. The maximum absolute atomic E-state index is 11.5. The van der Waals surface area contributed by atoms with E-state index in [0.717, 1.165) is 24.9 Å². The topological polar surface area (TPSA) is 49.8 Å². The van der Waals surface area contributed by atoms with Crippen molar-refractivity contribution in [2.45, 2.75) is 43.9 Å². The van der Waals surface area contributed by atoms with Crippen molar-refractivity contribution in [3.05, 3.63) is 0 Å². The van der Waals surface area contributed by atoms with E-state index in [9.17, 15) is 9.90 Å². The zero-order chi connectivity index (χ0) is 12.0. The fraction of sp³-hybridized carbons (Fsp3) is 0.929. The molecule has 98 valence electrons. The van der Waals surface area contributed by atoms with Crippen LogP contribution in [0.1, 0.15) is 25.7 Å². The Kier molecular flexibility index (Phi) is 1.70. The lowest BCUT2D eigenvalue weighted by Gasteiger charge is -2.50. The Labute approximate surface area is 106 Å². The molecule has 2 heterocycles. The summed E-state index contributed by atoms with van der Waals surface area (Å²) in [4.78, 5) is 13.2. The van der Waals surface area contributed by atoms with Crippen LogP contribution in [-0.2, 0) is 4.74 Å². The number of hydrogen-bond donors (Lipinski definition) is 1. The van der Waals surface area contributed by atoms with E-state index in [4.69, 9.17) is 4.74 Å². The molecule has 0 spiro atoms. The molecule has 4 heteroatoms. The molecule has 0 aromatic carbocycles. The summed E-state index contributed by atoms with van der Waals surface area (Å²) in [5, 5.41) is 9.44. The highest BCUT2D eigenvalue weighted by atomic mass is 16.5. The molecule has 7 unspecified atom stereocenters. The quantitative estimate of drug-likeness (QED) is 0.829. The predicted octanol–water partition coefficient (Wildman–Crippen LogP) is 1.80. The standard InChI is InChI=1S/C14H19NO3/c16-14(17)15-9-4-7-3-8(11-10(7)12(11)15)13(9)18-5-6-1-2-6/h6-13H,1-5H2,(H,16,17). The Morgan fingerprint density at radius 1 is 1.28 bits per heavy atom. The summed E-state index contributed by atoms with van der Waals surface area (Å²) < 4.78 is 6.16. The number of carboxylic acid groups (broad SMARTS) is 1. The van der Waals surface area contributed by atoms with Crippen LogP contribution >= 0.6 is 0 Å². The Bertz CT molecular complexity index is 421. The van der Waals surface area contributed by atoms with Crippen LogP contribution in [0.3, 0.4) is 0 Å². The van der Waals surface area contributed by atoms with Gasteiger partial charge in [-0.2, -0.15) is 0 Å². The second kappa shape index (κ2) is 3.03. The first-order valence-corrected chi connectivity index (χ1v) is 7.38. The first kappa shape index (κ1) is 10.1. The minimum Gasteiger partial charge on any atom is -0.465 e. The van der Waals surface area contributed by atoms with Gasteiger partial charge < -0.3 is 9.84 Å². The molecule has 4 saturated carbocycles. The average molecular weight is 249 g/mol. The van der Waals surface area contributed by atoms with Gasteiger partial charge in [-0.15, -0.1) is 0 Å². The predicted molar refractivity (Wildman–Crippen MR) is 63.1 cm³/mol. The van der Waals surface area contributed by atoms with Crippen LogP contribution in [0.2, 0.25) is 0 Å². The second-order valence-electron chi connectivity index (χ2n) is 7.04. The van der Waals surface area contributed by atoms with E-state index in [1.54, 1.807) is 4.90 Å². The van der Waals surface area contributed by atoms with Crippen molar-refractivity contribution in [2.75, 3.05) is 6.61 Å². The molecular weight excluding hydrogens is 230 g/mol. The zero-order valence-corrected chi connectivity index (χ0v) is 10.4. The highest BCUT2D eigenvalue weighted by Crippen LogP contribution is 2.70. The minimum absolute atomic E-state index is 0.171. The molecule has 1 amide bonds. The zero-order valence-electron chi connectivity index (χ0n) is 10.4. The molecule has 6 aliphatic rings. The molecule has 4 nitrogen and oxygen atoms in total. The van der Waals surface area contributed by atoms with Crippen molar-refractivity contribution in [1.82, 2.24) is 4.90 Å². The minimum atomic E-state index is -0.712. The third-order valence-electron chi connectivity index (χ3n) is 6.17. The van der Waals surface area contributed by atoms with Crippen LogP contribution in [-0.4, -0.2) is 40.9 Å². The summed E-state index contributed by atoms with van der Waals surface area (Å²) in [7, 11) is 0. The molecule has 7 atom stereocenters. The molecule has 0 radical (unpaired) electrons. The van der Waals surface area contributed by atoms with Gasteiger partial charge in [-0.1, -0.05) is 0 Å². The number of hydrogen-bond acceptors (Lipinski definition) is 2. The molecule has 2 aliphatic heterocycles. The Morgan fingerprint density at radius 3 is 2.83 bits per heavy atom. The van der Waals surface area contributed by atoms with E-state index in [1.807, 2.05) is 0 Å². The molecule has 2 saturated heterocycles. The summed E-state index contributed by atoms with van der Waals surface area (Å²) in [5.41, 5.74) is 0. The summed E-state index contributed by atoms with van der Waals surface area (Å²) in [6.45, 7) is 0.873. The first-order chi connectivity index (χ1) is 8.75. The SMILES string of the molecule is O=C(O)N1C2CC3CC(C2OCC2CC2)C2C3C21. The van der Waals surface area contributed by atoms with Gasteiger partial charge in [0.2, 0.25) is 0 Å². The lowest BCUT2D eigenvalue weighted by Crippen LogP contribution is -2.60. The molecule has 4 aliphatic carbocycles. The van der Waals surface area contributed by atoms with Gasteiger partial charge in [0.1, 0.15) is 0 Å². The molecule has 0 aromatic heterocycles. The summed E-state index contributed by atoms with van der Waals surface area (Å²) in [5.74, 6) is 3.60. The summed E-state index contributed by atoms with van der Waals surface area (Å²) in [6.07, 6.45) is 4.49. The summed E-state index contributed by atoms with van der Waals surface area (Å²) in [6, 6.07) is 0.538. The van der Waals surface area contributed by atoms with Gasteiger partial charge in [-0.25, -0.2) is 4.79 Å². The molecule has 6 rings (SSSR count). The molecule has 6 fully saturated rings. The molecule has 1 N–H and O–H groups in total. The van der Waals surface area contributed by atoms with Gasteiger partial charge in [0.25, 0.3) is 0 Å². The number of rotatable bonds is 3. The van der Waals surface area contributed by atoms with Crippen molar-refractivity contribution in [1.29, 1.82) is 0 Å². The van der Waals surface area contributed by atoms with E-state index >= 15 is 0 Å². The van der Waals surface area contributed by atoms with Gasteiger partial charge in [0.15, 0.2) is 0 Å². The van der Waals surface area contributed by atoms with E-state index in [-0.39, 0.29) is 12.1 Å². The smallest absolute Gasteiger partial charge is 0.407 e. The van der Waals surface area contributed by atoms with Gasteiger partial charge in [-0.05, 0) is 55.3 Å². The van der Waals surface area contributed by atoms with E-state index in [1.165, 1.54) is 19.3 Å². The molecule has 4 bridgehead atoms. The van der Waals surface area contributed by atoms with Crippen LogP contribution in [0, 0.1) is 29.6 Å². The van der Waals surface area contributed by atoms with Crippen molar-refractivity contribution in [3.63, 3.8) is 0 Å². The fourth-order valence-electron chi connectivity index (χ4n) is 5.37. The van der Waals surface area contributed by atoms with E-state index in [0.29, 0.717) is 23.8 Å². The maximum Gasteiger partial charge on any atom is 0.407 e. The van der Waals surface area contributed by atoms with Crippen molar-refractivity contribution in [2.24, 2.45) is 29.6 Å². The van der Waals surface area contributed by atoms with Crippen molar-refractivity contribution in [3.8, 4) is 0 Å². The van der Waals surface area contributed by atoms with Gasteiger partial charge >= 0.3 is 6.09 Å². The van der Waals surface area contributed by atoms with Crippen molar-refractivity contribution < 1.29 is 14.6 Å². The van der Waals surface area contributed by atoms with Crippen LogP contribution in [0.4, 0.5) is 4.79 Å². The van der Waals surface area contributed by atoms with Crippen LogP contribution < -0.4 is 0 Å². The Morgan fingerprint density at radius 2 is 2.11 bits per heavy atom. The van der Waals surface area contributed by atoms with E-state index < -0.39 is 6.09 Å². The normalized spacial score (nSPS) is 54.9. The fourth-order valence-corrected chi connectivity index (χ4v) is 5.37. The van der Waals surface area contributed by atoms with Gasteiger partial charge in [0.05, 0.1) is 12.1 Å². The average Bonchev–Trinajstić information content (AvgIpc) is 3.18.